The van der Waals surface area contributed by atoms with Crippen molar-refractivity contribution in [1.29, 1.82) is 0 Å². The van der Waals surface area contributed by atoms with Crippen LogP contribution in [0.1, 0.15) is 6.92 Å². The highest BCUT2D eigenvalue weighted by Crippen LogP contribution is 2.17. The number of hydrogen-bond acceptors (Lipinski definition) is 2. The molecule has 0 bridgehead atoms. The molecule has 0 saturated heterocycles. The molecule has 0 saturated carbocycles. The van der Waals surface area contributed by atoms with Gasteiger partial charge in [-0.25, -0.2) is 14.5 Å². The lowest BCUT2D eigenvalue weighted by molar-refractivity contribution is 0.238. The van der Waals surface area contributed by atoms with Gasteiger partial charge in [0.15, 0.2) is 0 Å². The van der Waals surface area contributed by atoms with Gasteiger partial charge in [0.05, 0.1) is 5.69 Å². The van der Waals surface area contributed by atoms with Gasteiger partial charge in [0.25, 0.3) is 0 Å². The van der Waals surface area contributed by atoms with E-state index in [1.54, 1.807) is 31.2 Å². The van der Waals surface area contributed by atoms with E-state index >= 15 is 0 Å². The number of rotatable bonds is 2. The van der Waals surface area contributed by atoms with Gasteiger partial charge in [0.2, 0.25) is 0 Å². The van der Waals surface area contributed by atoms with Gasteiger partial charge in [-0.1, -0.05) is 11.6 Å². The van der Waals surface area contributed by atoms with Crippen molar-refractivity contribution in [3.05, 3.63) is 29.3 Å². The number of imide groups is 1. The molecule has 0 atom stereocenters. The highest BCUT2D eigenvalue weighted by molar-refractivity contribution is 6.30. The Morgan fingerprint density at radius 3 is 2.38 bits per heavy atom. The van der Waals surface area contributed by atoms with Crippen molar-refractivity contribution >= 4 is 29.4 Å². The molecule has 0 aliphatic heterocycles. The maximum atomic E-state index is 11.6. The molecule has 86 valence electrons. The fraction of sp³-hybridized carbons (Fsp3) is 0.200. The minimum absolute atomic E-state index is 0.378. The first-order valence-electron chi connectivity index (χ1n) is 4.69. The summed E-state index contributed by atoms with van der Waals surface area (Å²) in [5, 5.41) is 3.01. The number of benzene rings is 1. The molecule has 0 aromatic heterocycles. The Balaban J connectivity index is 2.98. The minimum atomic E-state index is -0.840. The lowest BCUT2D eigenvalue weighted by Gasteiger charge is -2.18. The maximum absolute atomic E-state index is 11.6. The number of nitrogens with one attached hydrogen (secondary N) is 1. The highest BCUT2D eigenvalue weighted by Gasteiger charge is 2.19. The normalized spacial score (nSPS) is 9.62. The Morgan fingerprint density at radius 1 is 1.38 bits per heavy atom. The van der Waals surface area contributed by atoms with Gasteiger partial charge in [-0.15, -0.1) is 0 Å². The fourth-order valence-corrected chi connectivity index (χ4v) is 1.29. The van der Waals surface area contributed by atoms with Crippen LogP contribution in [-0.2, 0) is 0 Å². The fourth-order valence-electron chi connectivity index (χ4n) is 1.17. The van der Waals surface area contributed by atoms with Crippen molar-refractivity contribution in [2.75, 3.05) is 11.4 Å². The van der Waals surface area contributed by atoms with Gasteiger partial charge in [0, 0.05) is 11.6 Å². The van der Waals surface area contributed by atoms with Crippen LogP contribution in [0.15, 0.2) is 24.3 Å². The third-order valence-electron chi connectivity index (χ3n) is 1.84. The monoisotopic (exact) mass is 241 g/mol. The predicted molar refractivity (Wildman–Crippen MR) is 62.6 cm³/mol. The van der Waals surface area contributed by atoms with Crippen LogP contribution in [-0.4, -0.2) is 18.6 Å². The van der Waals surface area contributed by atoms with E-state index < -0.39 is 12.1 Å². The first-order valence-corrected chi connectivity index (χ1v) is 5.07. The van der Waals surface area contributed by atoms with Crippen LogP contribution in [0.2, 0.25) is 5.02 Å². The Kier molecular flexibility index (Phi) is 4.13. The number of hydrogen-bond donors (Lipinski definition) is 2. The molecule has 0 unspecified atom stereocenters. The number of nitrogens with zero attached hydrogens (tertiary/aromatic N) is 1. The molecule has 16 heavy (non-hydrogen) atoms. The summed E-state index contributed by atoms with van der Waals surface area (Å²) in [4.78, 5) is 23.6. The summed E-state index contributed by atoms with van der Waals surface area (Å²) in [6, 6.07) is 4.84. The number of nitrogens with two attached hydrogens (primary N) is 1. The number of amides is 4. The van der Waals surface area contributed by atoms with Gasteiger partial charge in [-0.05, 0) is 31.2 Å². The molecule has 1 aromatic rings. The second-order valence-electron chi connectivity index (χ2n) is 2.99. The van der Waals surface area contributed by atoms with Crippen molar-refractivity contribution in [2.45, 2.75) is 6.92 Å². The first-order chi connectivity index (χ1) is 7.56. The smallest absolute Gasteiger partial charge is 0.330 e. The number of carbonyl (C=O) groups is 2. The lowest BCUT2D eigenvalue weighted by atomic mass is 10.3. The summed E-state index contributed by atoms with van der Waals surface area (Å²) in [6.07, 6.45) is 0. The molecule has 5 nitrogen and oxygen atoms in total. The quantitative estimate of drug-likeness (QED) is 0.830. The lowest BCUT2D eigenvalue weighted by Crippen LogP contribution is -2.46. The summed E-state index contributed by atoms with van der Waals surface area (Å²) >= 11 is 5.70. The van der Waals surface area contributed by atoms with E-state index in [0.717, 1.165) is 4.90 Å². The Labute approximate surface area is 98.2 Å². The Hall–Kier alpha value is -1.75. The van der Waals surface area contributed by atoms with E-state index in [-0.39, 0.29) is 0 Å². The number of carbonyl (C=O) groups excluding carboxylic acids is 2. The van der Waals surface area contributed by atoms with E-state index in [0.29, 0.717) is 17.3 Å². The molecular formula is C10H12ClN3O2. The summed E-state index contributed by atoms with van der Waals surface area (Å²) in [6.45, 7) is 2.16. The van der Waals surface area contributed by atoms with Crippen molar-refractivity contribution in [2.24, 2.45) is 5.73 Å². The van der Waals surface area contributed by atoms with E-state index in [2.05, 4.69) is 5.32 Å². The van der Waals surface area contributed by atoms with Crippen LogP contribution in [0.4, 0.5) is 15.3 Å². The number of anilines is 1. The molecule has 3 N–H and O–H groups in total. The molecule has 0 spiro atoms. The zero-order valence-corrected chi connectivity index (χ0v) is 9.49. The summed E-state index contributed by atoms with van der Waals surface area (Å²) in [5.41, 5.74) is 5.51. The third-order valence-corrected chi connectivity index (χ3v) is 2.09. The van der Waals surface area contributed by atoms with Gasteiger partial charge in [-0.3, -0.25) is 0 Å². The third kappa shape index (κ3) is 2.87. The zero-order chi connectivity index (χ0) is 12.1. The van der Waals surface area contributed by atoms with Crippen molar-refractivity contribution in [1.82, 2.24) is 5.32 Å². The first kappa shape index (κ1) is 12.3. The van der Waals surface area contributed by atoms with Crippen LogP contribution in [0.25, 0.3) is 0 Å². The molecule has 1 rings (SSSR count). The van der Waals surface area contributed by atoms with Crippen LogP contribution in [0.3, 0.4) is 0 Å². The van der Waals surface area contributed by atoms with Gasteiger partial charge in [-0.2, -0.15) is 0 Å². The maximum Gasteiger partial charge on any atom is 0.330 e. The van der Waals surface area contributed by atoms with E-state index in [1.165, 1.54) is 0 Å². The Bertz CT molecular complexity index is 392. The van der Waals surface area contributed by atoms with E-state index in [9.17, 15) is 9.59 Å². The second kappa shape index (κ2) is 5.37. The SMILES string of the molecule is CCNC(=O)N(C(N)=O)c1ccc(Cl)cc1. The van der Waals surface area contributed by atoms with Crippen LogP contribution in [0.5, 0.6) is 0 Å². The second-order valence-corrected chi connectivity index (χ2v) is 3.42. The average molecular weight is 242 g/mol. The van der Waals surface area contributed by atoms with Crippen LogP contribution in [0, 0.1) is 0 Å². The standard InChI is InChI=1S/C10H12ClN3O2/c1-2-13-10(16)14(9(12)15)8-5-3-7(11)4-6-8/h3-6H,2H2,1H3,(H2,12,15)(H,13,16). The number of halogens is 1. The van der Waals surface area contributed by atoms with Crippen LogP contribution < -0.4 is 16.0 Å². The van der Waals surface area contributed by atoms with Crippen molar-refractivity contribution < 1.29 is 9.59 Å². The van der Waals surface area contributed by atoms with Crippen molar-refractivity contribution in [3.8, 4) is 0 Å². The molecule has 0 aliphatic carbocycles. The van der Waals surface area contributed by atoms with Crippen molar-refractivity contribution in [3.63, 3.8) is 0 Å². The molecule has 0 aliphatic rings. The minimum Gasteiger partial charge on any atom is -0.351 e. The largest absolute Gasteiger partial charge is 0.351 e. The number of primary amides is 1. The van der Waals surface area contributed by atoms with Gasteiger partial charge in [0.1, 0.15) is 0 Å². The predicted octanol–water partition coefficient (Wildman–Crippen LogP) is 1.95. The van der Waals surface area contributed by atoms with E-state index in [1.807, 2.05) is 0 Å². The molecular weight excluding hydrogens is 230 g/mol. The molecule has 6 heteroatoms. The molecule has 4 amide bonds. The average Bonchev–Trinajstić information content (AvgIpc) is 2.21. The van der Waals surface area contributed by atoms with E-state index in [4.69, 9.17) is 17.3 Å². The zero-order valence-electron chi connectivity index (χ0n) is 8.74. The molecule has 0 heterocycles. The van der Waals surface area contributed by atoms with Gasteiger partial charge < -0.3 is 11.1 Å². The Morgan fingerprint density at radius 2 is 1.94 bits per heavy atom. The molecule has 1 aromatic carbocycles. The summed E-state index contributed by atoms with van der Waals surface area (Å²) in [5.74, 6) is 0. The number of urea groups is 2. The summed E-state index contributed by atoms with van der Waals surface area (Å²) in [7, 11) is 0. The molecule has 0 radical (unpaired) electrons. The highest BCUT2D eigenvalue weighted by atomic mass is 35.5. The van der Waals surface area contributed by atoms with Crippen LogP contribution >= 0.6 is 11.6 Å². The molecule has 0 fully saturated rings. The van der Waals surface area contributed by atoms with Gasteiger partial charge >= 0.3 is 12.1 Å². The summed E-state index contributed by atoms with van der Waals surface area (Å²) < 4.78 is 0. The topological polar surface area (TPSA) is 75.4 Å².